The fourth-order valence-electron chi connectivity index (χ4n) is 3.78. The fraction of sp³-hybridized carbons (Fsp3) is 0.0714. The molecular formula is C28H22FN5O2. The summed E-state index contributed by atoms with van der Waals surface area (Å²) in [5.74, 6) is 0.595. The van der Waals surface area contributed by atoms with Crippen LogP contribution in [0.4, 0.5) is 10.1 Å². The van der Waals surface area contributed by atoms with Crippen LogP contribution in [0.25, 0.3) is 11.1 Å². The summed E-state index contributed by atoms with van der Waals surface area (Å²) in [6.07, 6.45) is 0. The highest BCUT2D eigenvalue weighted by atomic mass is 19.1. The minimum atomic E-state index is -0.390. The third-order valence-electron chi connectivity index (χ3n) is 5.63. The van der Waals surface area contributed by atoms with Crippen LogP contribution in [0.15, 0.2) is 103 Å². The van der Waals surface area contributed by atoms with E-state index in [-0.39, 0.29) is 12.5 Å². The van der Waals surface area contributed by atoms with Crippen molar-refractivity contribution < 1.29 is 13.9 Å². The van der Waals surface area contributed by atoms with Gasteiger partial charge in [0.15, 0.2) is 6.61 Å². The van der Waals surface area contributed by atoms with Crippen LogP contribution in [0.3, 0.4) is 0 Å². The number of aromatic nitrogens is 4. The van der Waals surface area contributed by atoms with Gasteiger partial charge in [0.1, 0.15) is 11.6 Å². The first kappa shape index (κ1) is 22.9. The smallest absolute Gasteiger partial charge is 0.258 e. The number of H-pyrrole nitrogens is 1. The lowest BCUT2D eigenvalue weighted by atomic mass is 10.0. The second kappa shape index (κ2) is 10.6. The van der Waals surface area contributed by atoms with Crippen molar-refractivity contribution in [1.29, 1.82) is 0 Å². The summed E-state index contributed by atoms with van der Waals surface area (Å²) < 4.78 is 19.6. The van der Waals surface area contributed by atoms with Crippen LogP contribution in [-0.4, -0.2) is 26.5 Å². The predicted octanol–water partition coefficient (Wildman–Crippen LogP) is 5.43. The molecule has 0 aliphatic carbocycles. The Bertz CT molecular complexity index is 1420. The quantitative estimate of drug-likeness (QED) is 0.321. The first-order valence-corrected chi connectivity index (χ1v) is 11.3. The van der Waals surface area contributed by atoms with Crippen molar-refractivity contribution >= 4 is 11.6 Å². The molecule has 0 radical (unpaired) electrons. The number of carbonyl (C=O) groups is 1. The maximum Gasteiger partial charge on any atom is 0.258 e. The number of nitrogens with one attached hydrogen (secondary N) is 1. The van der Waals surface area contributed by atoms with Gasteiger partial charge >= 0.3 is 0 Å². The number of aromatic amines is 1. The monoisotopic (exact) mass is 479 g/mol. The van der Waals surface area contributed by atoms with Gasteiger partial charge in [-0.3, -0.25) is 4.79 Å². The van der Waals surface area contributed by atoms with E-state index in [1.165, 1.54) is 12.1 Å². The lowest BCUT2D eigenvalue weighted by Gasteiger charge is -2.23. The molecule has 1 N–H and O–H groups in total. The molecule has 0 aliphatic rings. The summed E-state index contributed by atoms with van der Waals surface area (Å²) in [6.45, 7) is 0.536. The highest BCUT2D eigenvalue weighted by molar-refractivity contribution is 6.06. The average molecular weight is 480 g/mol. The first-order chi connectivity index (χ1) is 17.7. The van der Waals surface area contributed by atoms with E-state index in [0.717, 1.165) is 16.7 Å². The van der Waals surface area contributed by atoms with Gasteiger partial charge in [0.25, 0.3) is 5.91 Å². The zero-order chi connectivity index (χ0) is 24.7. The van der Waals surface area contributed by atoms with E-state index in [9.17, 15) is 9.18 Å². The molecule has 36 heavy (non-hydrogen) atoms. The summed E-state index contributed by atoms with van der Waals surface area (Å²) in [4.78, 5) is 14.9. The number of hydrogen-bond acceptors (Lipinski definition) is 5. The van der Waals surface area contributed by atoms with Gasteiger partial charge in [-0.1, -0.05) is 65.9 Å². The summed E-state index contributed by atoms with van der Waals surface area (Å²) in [6, 6.07) is 30.7. The Hall–Kier alpha value is -4.85. The van der Waals surface area contributed by atoms with Crippen LogP contribution in [0.1, 0.15) is 21.7 Å². The number of carbonyl (C=O) groups excluding carboxylic acids is 1. The van der Waals surface area contributed by atoms with Crippen LogP contribution >= 0.6 is 0 Å². The van der Waals surface area contributed by atoms with E-state index in [2.05, 4.69) is 20.6 Å². The molecule has 4 aromatic carbocycles. The van der Waals surface area contributed by atoms with Crippen molar-refractivity contribution in [2.24, 2.45) is 0 Å². The number of anilines is 1. The normalized spacial score (nSPS) is 10.7. The van der Waals surface area contributed by atoms with E-state index in [0.29, 0.717) is 29.4 Å². The van der Waals surface area contributed by atoms with Crippen molar-refractivity contribution in [3.63, 3.8) is 0 Å². The Morgan fingerprint density at radius 2 is 1.58 bits per heavy atom. The number of halogens is 1. The van der Waals surface area contributed by atoms with Crippen molar-refractivity contribution in [3.05, 3.63) is 126 Å². The molecule has 178 valence electrons. The van der Waals surface area contributed by atoms with E-state index in [1.54, 1.807) is 29.2 Å². The van der Waals surface area contributed by atoms with Crippen LogP contribution in [0.5, 0.6) is 5.75 Å². The molecule has 0 bridgehead atoms. The molecule has 0 unspecified atom stereocenters. The molecule has 1 aromatic heterocycles. The molecule has 0 aliphatic heterocycles. The van der Waals surface area contributed by atoms with Crippen molar-refractivity contribution in [2.45, 2.75) is 13.2 Å². The minimum Gasteiger partial charge on any atom is -0.485 e. The molecule has 0 saturated carbocycles. The number of benzene rings is 4. The number of amides is 1. The SMILES string of the molecule is O=C(c1ccccc1)N(Cc1ccc(-c2ccc(OCc3nn[nH]n3)cc2)cc1)c1cccc(F)c1. The van der Waals surface area contributed by atoms with Gasteiger partial charge in [0.2, 0.25) is 5.82 Å². The lowest BCUT2D eigenvalue weighted by Crippen LogP contribution is -2.30. The van der Waals surface area contributed by atoms with E-state index in [1.807, 2.05) is 66.7 Å². The average Bonchev–Trinajstić information content (AvgIpc) is 3.45. The molecule has 0 fully saturated rings. The van der Waals surface area contributed by atoms with Crippen molar-refractivity contribution in [1.82, 2.24) is 20.6 Å². The summed E-state index contributed by atoms with van der Waals surface area (Å²) in [5.41, 5.74) is 4.02. The Labute approximate surface area is 207 Å². The fourth-order valence-corrected chi connectivity index (χ4v) is 3.78. The van der Waals surface area contributed by atoms with Gasteiger partial charge in [0, 0.05) is 11.3 Å². The van der Waals surface area contributed by atoms with Gasteiger partial charge < -0.3 is 9.64 Å². The molecule has 0 saturated heterocycles. The molecular weight excluding hydrogens is 457 g/mol. The molecule has 1 amide bonds. The van der Waals surface area contributed by atoms with Crippen molar-refractivity contribution in [2.75, 3.05) is 4.90 Å². The Kier molecular flexibility index (Phi) is 6.75. The van der Waals surface area contributed by atoms with Gasteiger partial charge in [0.05, 0.1) is 6.54 Å². The zero-order valence-electron chi connectivity index (χ0n) is 19.2. The molecule has 0 spiro atoms. The standard InChI is InChI=1S/C28H22FN5O2/c29-24-7-4-8-25(17-24)34(28(35)23-5-2-1-3-6-23)18-20-9-11-21(12-10-20)22-13-15-26(16-14-22)36-19-27-30-32-33-31-27/h1-17H,18-19H2,(H,30,31,32,33). The highest BCUT2D eigenvalue weighted by Crippen LogP contribution is 2.25. The summed E-state index contributed by atoms with van der Waals surface area (Å²) in [7, 11) is 0. The first-order valence-electron chi connectivity index (χ1n) is 11.3. The summed E-state index contributed by atoms with van der Waals surface area (Å²) in [5, 5.41) is 13.6. The van der Waals surface area contributed by atoms with Gasteiger partial charge in [-0.05, 0) is 59.2 Å². The molecule has 1 heterocycles. The van der Waals surface area contributed by atoms with E-state index >= 15 is 0 Å². The zero-order valence-corrected chi connectivity index (χ0v) is 19.2. The van der Waals surface area contributed by atoms with Gasteiger partial charge in [-0.2, -0.15) is 5.21 Å². The van der Waals surface area contributed by atoms with E-state index in [4.69, 9.17) is 4.74 Å². The topological polar surface area (TPSA) is 84.0 Å². The number of nitrogens with zero attached hydrogens (tertiary/aromatic N) is 4. The minimum absolute atomic E-state index is 0.193. The maximum absolute atomic E-state index is 14.0. The van der Waals surface area contributed by atoms with Crippen LogP contribution in [0, 0.1) is 5.82 Å². The van der Waals surface area contributed by atoms with Crippen LogP contribution in [-0.2, 0) is 13.2 Å². The second-order valence-corrected chi connectivity index (χ2v) is 8.08. The number of tetrazole rings is 1. The van der Waals surface area contributed by atoms with Crippen LogP contribution in [0.2, 0.25) is 0 Å². The second-order valence-electron chi connectivity index (χ2n) is 8.08. The maximum atomic E-state index is 14.0. The Balaban J connectivity index is 1.31. The molecule has 5 aromatic rings. The highest BCUT2D eigenvalue weighted by Gasteiger charge is 2.18. The molecule has 0 atom stereocenters. The molecule has 5 rings (SSSR count). The third-order valence-corrected chi connectivity index (χ3v) is 5.63. The van der Waals surface area contributed by atoms with Gasteiger partial charge in [-0.15, -0.1) is 10.2 Å². The van der Waals surface area contributed by atoms with Gasteiger partial charge in [-0.25, -0.2) is 4.39 Å². The summed E-state index contributed by atoms with van der Waals surface area (Å²) >= 11 is 0. The number of hydrogen-bond donors (Lipinski definition) is 1. The van der Waals surface area contributed by atoms with Crippen LogP contribution < -0.4 is 9.64 Å². The van der Waals surface area contributed by atoms with E-state index < -0.39 is 5.82 Å². The Morgan fingerprint density at radius 3 is 2.25 bits per heavy atom. The molecule has 8 heteroatoms. The third kappa shape index (κ3) is 5.44. The number of rotatable bonds is 8. The molecule has 7 nitrogen and oxygen atoms in total. The predicted molar refractivity (Wildman–Crippen MR) is 134 cm³/mol. The lowest BCUT2D eigenvalue weighted by molar-refractivity contribution is 0.0985. The van der Waals surface area contributed by atoms with Crippen molar-refractivity contribution in [3.8, 4) is 16.9 Å². The number of ether oxygens (including phenoxy) is 1. The largest absolute Gasteiger partial charge is 0.485 e. The Morgan fingerprint density at radius 1 is 0.861 bits per heavy atom.